The highest BCUT2D eigenvalue weighted by atomic mass is 32.2. The molecule has 1 aromatic carbocycles. The van der Waals surface area contributed by atoms with E-state index in [0.717, 1.165) is 5.56 Å². The van der Waals surface area contributed by atoms with Gasteiger partial charge in [-0.15, -0.1) is 0 Å². The number of nitrogens with one attached hydrogen (secondary N) is 1. The van der Waals surface area contributed by atoms with Gasteiger partial charge in [-0.05, 0) is 43.4 Å². The van der Waals surface area contributed by atoms with Crippen LogP contribution in [0, 0.1) is 5.92 Å². The number of carbonyl (C=O) groups is 2. The summed E-state index contributed by atoms with van der Waals surface area (Å²) in [5.41, 5.74) is 1.08. The van der Waals surface area contributed by atoms with Crippen molar-refractivity contribution in [1.29, 1.82) is 0 Å². The lowest BCUT2D eigenvalue weighted by Gasteiger charge is -2.31. The number of nitrogens with zero attached hydrogens (tertiary/aromatic N) is 1. The molecule has 1 aromatic rings. The zero-order chi connectivity index (χ0) is 19.5. The second-order valence-electron chi connectivity index (χ2n) is 6.97. The number of benzene rings is 1. The Balaban J connectivity index is 2.00. The summed E-state index contributed by atoms with van der Waals surface area (Å²) in [6.07, 6.45) is 0.753. The van der Waals surface area contributed by atoms with Gasteiger partial charge in [0.2, 0.25) is 15.9 Å². The Kier molecular flexibility index (Phi) is 6.41. The predicted molar refractivity (Wildman–Crippen MR) is 97.3 cm³/mol. The molecule has 0 aromatic heterocycles. The molecule has 1 aliphatic heterocycles. The SMILES string of the molecule is CC(NC(=O)C1CCN(S(=O)(=O)c2ccc(C(C)C)cc2)CC1)C(=O)O. The highest BCUT2D eigenvalue weighted by Gasteiger charge is 2.32. The molecule has 1 saturated heterocycles. The Morgan fingerprint density at radius 3 is 2.12 bits per heavy atom. The van der Waals surface area contributed by atoms with E-state index < -0.39 is 22.0 Å². The number of rotatable bonds is 6. The van der Waals surface area contributed by atoms with Gasteiger partial charge in [0.15, 0.2) is 0 Å². The first kappa shape index (κ1) is 20.4. The minimum absolute atomic E-state index is 0.244. The summed E-state index contributed by atoms with van der Waals surface area (Å²) in [5, 5.41) is 11.3. The Hall–Kier alpha value is -1.93. The van der Waals surface area contributed by atoms with Crippen LogP contribution in [0.3, 0.4) is 0 Å². The molecule has 144 valence electrons. The summed E-state index contributed by atoms with van der Waals surface area (Å²) in [5.74, 6) is -1.47. The van der Waals surface area contributed by atoms with Crippen LogP contribution in [0.15, 0.2) is 29.2 Å². The Morgan fingerprint density at radius 2 is 1.65 bits per heavy atom. The van der Waals surface area contributed by atoms with E-state index in [1.54, 1.807) is 12.1 Å². The molecular formula is C18H26N2O5S. The van der Waals surface area contributed by atoms with Gasteiger partial charge in [-0.1, -0.05) is 26.0 Å². The molecular weight excluding hydrogens is 356 g/mol. The summed E-state index contributed by atoms with van der Waals surface area (Å²) < 4.78 is 26.9. The quantitative estimate of drug-likeness (QED) is 0.781. The first-order chi connectivity index (χ1) is 12.1. The molecule has 26 heavy (non-hydrogen) atoms. The van der Waals surface area contributed by atoms with E-state index in [1.165, 1.54) is 11.2 Å². The molecule has 1 aliphatic rings. The van der Waals surface area contributed by atoms with Crippen molar-refractivity contribution in [3.8, 4) is 0 Å². The molecule has 1 fully saturated rings. The van der Waals surface area contributed by atoms with Crippen molar-refractivity contribution < 1.29 is 23.1 Å². The number of aliphatic carboxylic acids is 1. The number of carbonyl (C=O) groups excluding carboxylic acids is 1. The number of carboxylic acids is 1. The van der Waals surface area contributed by atoms with E-state index in [1.807, 2.05) is 26.0 Å². The minimum Gasteiger partial charge on any atom is -0.480 e. The lowest BCUT2D eigenvalue weighted by molar-refractivity contribution is -0.142. The fourth-order valence-electron chi connectivity index (χ4n) is 2.93. The first-order valence-electron chi connectivity index (χ1n) is 8.76. The van der Waals surface area contributed by atoms with Gasteiger partial charge in [-0.3, -0.25) is 9.59 Å². The topological polar surface area (TPSA) is 104 Å². The number of hydrogen-bond acceptors (Lipinski definition) is 4. The Bertz CT molecular complexity index is 750. The highest BCUT2D eigenvalue weighted by molar-refractivity contribution is 7.89. The van der Waals surface area contributed by atoms with Gasteiger partial charge in [0.25, 0.3) is 0 Å². The average Bonchev–Trinajstić information content (AvgIpc) is 2.61. The Labute approximate surface area is 154 Å². The van der Waals surface area contributed by atoms with Crippen molar-refractivity contribution in [2.45, 2.75) is 50.5 Å². The molecule has 0 aliphatic carbocycles. The molecule has 8 heteroatoms. The number of piperidine rings is 1. The van der Waals surface area contributed by atoms with Crippen LogP contribution in [-0.2, 0) is 19.6 Å². The van der Waals surface area contributed by atoms with Crippen molar-refractivity contribution >= 4 is 21.9 Å². The second kappa shape index (κ2) is 8.18. The summed E-state index contributed by atoms with van der Waals surface area (Å²) in [7, 11) is -3.58. The number of amides is 1. The largest absolute Gasteiger partial charge is 0.480 e. The van der Waals surface area contributed by atoms with Gasteiger partial charge < -0.3 is 10.4 Å². The van der Waals surface area contributed by atoms with Crippen LogP contribution in [0.4, 0.5) is 0 Å². The lowest BCUT2D eigenvalue weighted by atomic mass is 9.97. The van der Waals surface area contributed by atoms with Crippen LogP contribution in [0.5, 0.6) is 0 Å². The first-order valence-corrected chi connectivity index (χ1v) is 10.2. The molecule has 0 saturated carbocycles. The average molecular weight is 382 g/mol. The summed E-state index contributed by atoms with van der Waals surface area (Å²) >= 11 is 0. The van der Waals surface area contributed by atoms with Crippen molar-refractivity contribution in [3.05, 3.63) is 29.8 Å². The summed E-state index contributed by atoms with van der Waals surface area (Å²) in [6.45, 7) is 5.98. The van der Waals surface area contributed by atoms with E-state index in [-0.39, 0.29) is 29.8 Å². The fraction of sp³-hybridized carbons (Fsp3) is 0.556. The molecule has 1 heterocycles. The molecule has 7 nitrogen and oxygen atoms in total. The molecule has 2 rings (SSSR count). The third-order valence-electron chi connectivity index (χ3n) is 4.74. The molecule has 0 radical (unpaired) electrons. The van der Waals surface area contributed by atoms with Crippen LogP contribution in [0.25, 0.3) is 0 Å². The molecule has 0 spiro atoms. The number of sulfonamides is 1. The van der Waals surface area contributed by atoms with E-state index in [4.69, 9.17) is 5.11 Å². The molecule has 1 amide bonds. The number of carboxylic acid groups (broad SMARTS) is 1. The van der Waals surface area contributed by atoms with Crippen LogP contribution >= 0.6 is 0 Å². The Morgan fingerprint density at radius 1 is 1.12 bits per heavy atom. The van der Waals surface area contributed by atoms with Gasteiger partial charge in [0.05, 0.1) is 4.90 Å². The van der Waals surface area contributed by atoms with E-state index in [9.17, 15) is 18.0 Å². The fourth-order valence-corrected chi connectivity index (χ4v) is 4.39. The van der Waals surface area contributed by atoms with Gasteiger partial charge in [-0.25, -0.2) is 8.42 Å². The molecule has 2 N–H and O–H groups in total. The van der Waals surface area contributed by atoms with Crippen molar-refractivity contribution in [1.82, 2.24) is 9.62 Å². The smallest absolute Gasteiger partial charge is 0.325 e. The zero-order valence-corrected chi connectivity index (χ0v) is 16.1. The highest BCUT2D eigenvalue weighted by Crippen LogP contribution is 2.25. The molecule has 1 atom stereocenters. The van der Waals surface area contributed by atoms with E-state index in [0.29, 0.717) is 18.8 Å². The maximum Gasteiger partial charge on any atom is 0.325 e. The maximum atomic E-state index is 12.8. The van der Waals surface area contributed by atoms with Gasteiger partial charge in [0.1, 0.15) is 6.04 Å². The second-order valence-corrected chi connectivity index (χ2v) is 8.91. The molecule has 0 bridgehead atoms. The van der Waals surface area contributed by atoms with Crippen molar-refractivity contribution in [2.24, 2.45) is 5.92 Å². The van der Waals surface area contributed by atoms with Crippen LogP contribution in [0.2, 0.25) is 0 Å². The minimum atomic E-state index is -3.58. The van der Waals surface area contributed by atoms with Crippen molar-refractivity contribution in [2.75, 3.05) is 13.1 Å². The normalized spacial score (nSPS) is 17.8. The summed E-state index contributed by atoms with van der Waals surface area (Å²) in [6, 6.07) is 5.94. The third kappa shape index (κ3) is 4.62. The maximum absolute atomic E-state index is 12.8. The van der Waals surface area contributed by atoms with Gasteiger partial charge >= 0.3 is 5.97 Å². The summed E-state index contributed by atoms with van der Waals surface area (Å²) in [4.78, 5) is 23.2. The monoisotopic (exact) mass is 382 g/mol. The lowest BCUT2D eigenvalue weighted by Crippen LogP contribution is -2.46. The van der Waals surface area contributed by atoms with E-state index >= 15 is 0 Å². The third-order valence-corrected chi connectivity index (χ3v) is 6.65. The predicted octanol–water partition coefficient (Wildman–Crippen LogP) is 1.80. The van der Waals surface area contributed by atoms with Crippen LogP contribution < -0.4 is 5.32 Å². The van der Waals surface area contributed by atoms with E-state index in [2.05, 4.69) is 5.32 Å². The number of hydrogen-bond donors (Lipinski definition) is 2. The van der Waals surface area contributed by atoms with Crippen LogP contribution in [-0.4, -0.2) is 48.8 Å². The molecule has 1 unspecified atom stereocenters. The zero-order valence-electron chi connectivity index (χ0n) is 15.3. The van der Waals surface area contributed by atoms with Crippen molar-refractivity contribution in [3.63, 3.8) is 0 Å². The van der Waals surface area contributed by atoms with Crippen LogP contribution in [0.1, 0.15) is 45.1 Å². The van der Waals surface area contributed by atoms with Gasteiger partial charge in [0, 0.05) is 19.0 Å². The van der Waals surface area contributed by atoms with Gasteiger partial charge in [-0.2, -0.15) is 4.31 Å². The standard InChI is InChI=1S/C18H26N2O5S/c1-12(2)14-4-6-16(7-5-14)26(24,25)20-10-8-15(9-11-20)17(21)19-13(3)18(22)23/h4-7,12-13,15H,8-11H2,1-3H3,(H,19,21)(H,22,23).